The smallest absolute Gasteiger partial charge is 0.0621 e. The highest BCUT2D eigenvalue weighted by molar-refractivity contribution is 9.10. The van der Waals surface area contributed by atoms with Crippen molar-refractivity contribution in [3.05, 3.63) is 22.7 Å². The number of hydrogen-bond acceptors (Lipinski definition) is 3. The maximum Gasteiger partial charge on any atom is 0.0621 e. The van der Waals surface area contributed by atoms with E-state index >= 15 is 0 Å². The summed E-state index contributed by atoms with van der Waals surface area (Å²) in [5.41, 5.74) is 6.54. The summed E-state index contributed by atoms with van der Waals surface area (Å²) in [4.78, 5) is 0.750. The van der Waals surface area contributed by atoms with Crippen LogP contribution in [-0.4, -0.2) is 22.7 Å². The molecule has 2 N–H and O–H groups in total. The molecule has 0 radical (unpaired) electrons. The van der Waals surface area contributed by atoms with Crippen LogP contribution in [0.15, 0.2) is 27.6 Å². The van der Waals surface area contributed by atoms with Gasteiger partial charge in [0.05, 0.1) is 21.8 Å². The van der Waals surface area contributed by atoms with Crippen molar-refractivity contribution in [2.45, 2.75) is 41.9 Å². The Labute approximate surface area is 119 Å². The van der Waals surface area contributed by atoms with Crippen LogP contribution in [0.4, 0.5) is 5.69 Å². The maximum absolute atomic E-state index is 12.6. The Bertz CT molecular complexity index is 453. The Hall–Kier alpha value is -0.390. The molecule has 1 saturated carbocycles. The summed E-state index contributed by atoms with van der Waals surface area (Å²) < 4.78 is 18.9. The summed E-state index contributed by atoms with van der Waals surface area (Å²) in [5.74, 6) is 0. The van der Waals surface area contributed by atoms with Crippen LogP contribution in [-0.2, 0) is 15.5 Å². The predicted molar refractivity (Wildman–Crippen MR) is 78.0 cm³/mol. The van der Waals surface area contributed by atoms with E-state index in [1.54, 1.807) is 7.11 Å². The third-order valence-corrected chi connectivity index (χ3v) is 5.73. The molecule has 1 aromatic carbocycles. The first-order chi connectivity index (χ1) is 8.61. The maximum atomic E-state index is 12.6. The van der Waals surface area contributed by atoms with Gasteiger partial charge in [0, 0.05) is 22.5 Å². The minimum atomic E-state index is -1.04. The average molecular weight is 332 g/mol. The number of halogens is 1. The van der Waals surface area contributed by atoms with Crippen molar-refractivity contribution in [1.82, 2.24) is 0 Å². The fourth-order valence-corrected chi connectivity index (χ4v) is 4.39. The Kier molecular flexibility index (Phi) is 4.81. The molecule has 0 heterocycles. The normalized spacial score (nSPS) is 25.9. The third-order valence-electron chi connectivity index (χ3n) is 3.40. The number of anilines is 1. The molecule has 0 saturated heterocycles. The number of nitrogen functional groups attached to an aromatic ring is 1. The van der Waals surface area contributed by atoms with Gasteiger partial charge in [0.15, 0.2) is 0 Å². The van der Waals surface area contributed by atoms with Crippen LogP contribution < -0.4 is 5.73 Å². The zero-order valence-corrected chi connectivity index (χ0v) is 12.8. The van der Waals surface area contributed by atoms with E-state index in [0.29, 0.717) is 5.69 Å². The van der Waals surface area contributed by atoms with E-state index in [0.717, 1.165) is 35.1 Å². The van der Waals surface area contributed by atoms with E-state index in [-0.39, 0.29) is 11.4 Å². The van der Waals surface area contributed by atoms with Crippen molar-refractivity contribution < 1.29 is 8.95 Å². The third kappa shape index (κ3) is 3.13. The van der Waals surface area contributed by atoms with Gasteiger partial charge in [-0.3, -0.25) is 4.21 Å². The van der Waals surface area contributed by atoms with E-state index in [9.17, 15) is 4.21 Å². The standard InChI is InChI=1S/C13H18BrNO2S/c1-17-10-3-2-4-11(8-10)18(16)13-6-5-9(14)7-12(13)15/h5-7,10-11H,2-4,8,15H2,1H3. The second kappa shape index (κ2) is 6.17. The molecule has 3 unspecified atom stereocenters. The topological polar surface area (TPSA) is 52.3 Å². The SMILES string of the molecule is COC1CCCC(S(=O)c2ccc(Br)cc2N)C1. The molecule has 1 aromatic rings. The summed E-state index contributed by atoms with van der Waals surface area (Å²) in [6, 6.07) is 5.55. The largest absolute Gasteiger partial charge is 0.398 e. The summed E-state index contributed by atoms with van der Waals surface area (Å²) in [7, 11) is 0.688. The zero-order valence-electron chi connectivity index (χ0n) is 10.4. The summed E-state index contributed by atoms with van der Waals surface area (Å²) in [6.07, 6.45) is 4.23. The highest BCUT2D eigenvalue weighted by atomic mass is 79.9. The minimum absolute atomic E-state index is 0.159. The second-order valence-corrected chi connectivity index (χ2v) is 7.24. The molecule has 0 aliphatic heterocycles. The number of nitrogens with two attached hydrogens (primary N) is 1. The number of hydrogen-bond donors (Lipinski definition) is 1. The molecule has 100 valence electrons. The van der Waals surface area contributed by atoms with Crippen LogP contribution in [0.1, 0.15) is 25.7 Å². The summed E-state index contributed by atoms with van der Waals surface area (Å²) in [6.45, 7) is 0. The van der Waals surface area contributed by atoms with Gasteiger partial charge in [-0.1, -0.05) is 15.9 Å². The van der Waals surface area contributed by atoms with E-state index in [2.05, 4.69) is 15.9 Å². The fraction of sp³-hybridized carbons (Fsp3) is 0.538. The number of rotatable bonds is 3. The molecule has 0 amide bonds. The molecule has 1 fully saturated rings. The van der Waals surface area contributed by atoms with Gasteiger partial charge in [-0.05, 0) is 43.9 Å². The van der Waals surface area contributed by atoms with Gasteiger partial charge in [0.1, 0.15) is 0 Å². The van der Waals surface area contributed by atoms with Gasteiger partial charge in [0.25, 0.3) is 0 Å². The van der Waals surface area contributed by atoms with Gasteiger partial charge in [-0.15, -0.1) is 0 Å². The lowest BCUT2D eigenvalue weighted by Gasteiger charge is -2.27. The van der Waals surface area contributed by atoms with Gasteiger partial charge in [0.2, 0.25) is 0 Å². The molecule has 1 aliphatic rings. The van der Waals surface area contributed by atoms with E-state index < -0.39 is 10.8 Å². The summed E-state index contributed by atoms with van der Waals surface area (Å²) >= 11 is 3.36. The Morgan fingerprint density at radius 1 is 1.44 bits per heavy atom. The molecular formula is C13H18BrNO2S. The van der Waals surface area contributed by atoms with Crippen molar-refractivity contribution in [3.8, 4) is 0 Å². The van der Waals surface area contributed by atoms with Gasteiger partial charge in [-0.25, -0.2) is 0 Å². The van der Waals surface area contributed by atoms with Crippen molar-refractivity contribution in [2.24, 2.45) is 0 Å². The number of ether oxygens (including phenoxy) is 1. The highest BCUT2D eigenvalue weighted by Gasteiger charge is 2.27. The van der Waals surface area contributed by atoms with Crippen molar-refractivity contribution in [2.75, 3.05) is 12.8 Å². The predicted octanol–water partition coefficient (Wildman–Crippen LogP) is 3.10. The van der Waals surface area contributed by atoms with Crippen LogP contribution in [0, 0.1) is 0 Å². The van der Waals surface area contributed by atoms with Crippen LogP contribution in [0.5, 0.6) is 0 Å². The molecule has 3 nitrogen and oxygen atoms in total. The molecule has 3 atom stereocenters. The molecule has 18 heavy (non-hydrogen) atoms. The van der Waals surface area contributed by atoms with Crippen LogP contribution >= 0.6 is 15.9 Å². The van der Waals surface area contributed by atoms with E-state index in [1.807, 2.05) is 18.2 Å². The van der Waals surface area contributed by atoms with Crippen molar-refractivity contribution in [1.29, 1.82) is 0 Å². The van der Waals surface area contributed by atoms with Crippen LogP contribution in [0.2, 0.25) is 0 Å². The average Bonchev–Trinajstić information content (AvgIpc) is 2.38. The fourth-order valence-electron chi connectivity index (χ4n) is 2.39. The van der Waals surface area contributed by atoms with Crippen LogP contribution in [0.25, 0.3) is 0 Å². The van der Waals surface area contributed by atoms with Gasteiger partial charge >= 0.3 is 0 Å². The van der Waals surface area contributed by atoms with Gasteiger partial charge < -0.3 is 10.5 Å². The Morgan fingerprint density at radius 2 is 2.22 bits per heavy atom. The number of benzene rings is 1. The molecule has 1 aliphatic carbocycles. The molecular weight excluding hydrogens is 314 g/mol. The lowest BCUT2D eigenvalue weighted by atomic mass is 9.97. The quantitative estimate of drug-likeness (QED) is 0.866. The molecule has 0 spiro atoms. The summed E-state index contributed by atoms with van der Waals surface area (Å²) in [5, 5.41) is 0.159. The zero-order chi connectivity index (χ0) is 13.1. The Morgan fingerprint density at radius 3 is 2.89 bits per heavy atom. The van der Waals surface area contributed by atoms with E-state index in [4.69, 9.17) is 10.5 Å². The highest BCUT2D eigenvalue weighted by Crippen LogP contribution is 2.30. The molecule has 5 heteroatoms. The molecule has 0 aromatic heterocycles. The minimum Gasteiger partial charge on any atom is -0.398 e. The van der Waals surface area contributed by atoms with Crippen LogP contribution in [0.3, 0.4) is 0 Å². The lowest BCUT2D eigenvalue weighted by molar-refractivity contribution is 0.0725. The van der Waals surface area contributed by atoms with Crippen molar-refractivity contribution >= 4 is 32.4 Å². The first kappa shape index (κ1) is 14.0. The monoisotopic (exact) mass is 331 g/mol. The first-order valence-electron chi connectivity index (χ1n) is 6.10. The van der Waals surface area contributed by atoms with E-state index in [1.165, 1.54) is 0 Å². The Balaban J connectivity index is 2.15. The molecule has 2 rings (SSSR count). The first-order valence-corrected chi connectivity index (χ1v) is 8.11. The molecule has 0 bridgehead atoms. The number of methoxy groups -OCH3 is 1. The second-order valence-electron chi connectivity index (χ2n) is 4.63. The van der Waals surface area contributed by atoms with Gasteiger partial charge in [-0.2, -0.15) is 0 Å². The lowest BCUT2D eigenvalue weighted by Crippen LogP contribution is -2.28. The van der Waals surface area contributed by atoms with Crippen molar-refractivity contribution in [3.63, 3.8) is 0 Å².